The Balaban J connectivity index is 1.78. The number of hydrogen-bond acceptors (Lipinski definition) is 4. The minimum Gasteiger partial charge on any atom is -0.369 e. The van der Waals surface area contributed by atoms with Crippen LogP contribution in [0.25, 0.3) is 0 Å². The van der Waals surface area contributed by atoms with Crippen LogP contribution in [-0.4, -0.2) is 50.2 Å². The predicted octanol–water partition coefficient (Wildman–Crippen LogP) is 1.70. The normalized spacial score (nSPS) is 17.7. The van der Waals surface area contributed by atoms with Gasteiger partial charge in [0, 0.05) is 38.4 Å². The highest BCUT2D eigenvalue weighted by Gasteiger charge is 2.19. The van der Waals surface area contributed by atoms with Crippen molar-refractivity contribution in [3.05, 3.63) is 30.3 Å². The maximum Gasteiger partial charge on any atom is 0.108 e. The first-order chi connectivity index (χ1) is 9.83. The van der Waals surface area contributed by atoms with Gasteiger partial charge in [-0.2, -0.15) is 5.26 Å². The number of hydrogen-bond donors (Lipinski definition) is 1. The molecule has 1 saturated heterocycles. The molecule has 1 N–H and O–H groups in total. The minimum atomic E-state index is -0.0433. The average Bonchev–Trinajstić information content (AvgIpc) is 2.53. The second-order valence-electron chi connectivity index (χ2n) is 5.26. The van der Waals surface area contributed by atoms with Crippen molar-refractivity contribution in [2.24, 2.45) is 0 Å². The number of nitriles is 1. The molecule has 1 aromatic carbocycles. The van der Waals surface area contributed by atoms with E-state index in [1.165, 1.54) is 5.69 Å². The van der Waals surface area contributed by atoms with Gasteiger partial charge < -0.3 is 10.2 Å². The molecular weight excluding hydrogens is 248 g/mol. The van der Waals surface area contributed by atoms with E-state index in [0.29, 0.717) is 0 Å². The van der Waals surface area contributed by atoms with E-state index < -0.39 is 0 Å². The number of benzene rings is 1. The van der Waals surface area contributed by atoms with Crippen LogP contribution in [0.2, 0.25) is 0 Å². The molecule has 1 aromatic rings. The monoisotopic (exact) mass is 272 g/mol. The third-order valence-electron chi connectivity index (χ3n) is 3.73. The van der Waals surface area contributed by atoms with Crippen LogP contribution < -0.4 is 10.2 Å². The van der Waals surface area contributed by atoms with Crippen molar-refractivity contribution in [3.63, 3.8) is 0 Å². The zero-order valence-electron chi connectivity index (χ0n) is 12.3. The fourth-order valence-electron chi connectivity index (χ4n) is 2.56. The van der Waals surface area contributed by atoms with Gasteiger partial charge >= 0.3 is 0 Å². The Hall–Kier alpha value is -1.57. The van der Waals surface area contributed by atoms with Crippen LogP contribution in [0.4, 0.5) is 5.69 Å². The number of nitrogens with one attached hydrogen (secondary N) is 1. The standard InChI is InChI=1S/C16H24N4/c1-2-8-18-15(13-17)14-19-9-11-20(12-10-19)16-6-4-3-5-7-16/h3-7,15,18H,2,8-12,14H2,1H3. The van der Waals surface area contributed by atoms with Crippen molar-refractivity contribution in [3.8, 4) is 6.07 Å². The van der Waals surface area contributed by atoms with Gasteiger partial charge in [-0.15, -0.1) is 0 Å². The van der Waals surface area contributed by atoms with Gasteiger partial charge in [0.05, 0.1) is 6.07 Å². The molecule has 1 fully saturated rings. The van der Waals surface area contributed by atoms with Gasteiger partial charge in [-0.1, -0.05) is 25.1 Å². The summed E-state index contributed by atoms with van der Waals surface area (Å²) in [6.07, 6.45) is 1.07. The molecule has 0 bridgehead atoms. The van der Waals surface area contributed by atoms with Crippen molar-refractivity contribution < 1.29 is 0 Å². The van der Waals surface area contributed by atoms with E-state index in [-0.39, 0.29) is 6.04 Å². The lowest BCUT2D eigenvalue weighted by Crippen LogP contribution is -2.50. The molecule has 1 atom stereocenters. The summed E-state index contributed by atoms with van der Waals surface area (Å²) in [5.41, 5.74) is 1.30. The molecule has 0 radical (unpaired) electrons. The number of piperazine rings is 1. The molecule has 0 saturated carbocycles. The fraction of sp³-hybridized carbons (Fsp3) is 0.562. The zero-order valence-corrected chi connectivity index (χ0v) is 12.3. The second-order valence-corrected chi connectivity index (χ2v) is 5.26. The van der Waals surface area contributed by atoms with Crippen molar-refractivity contribution in [1.82, 2.24) is 10.2 Å². The van der Waals surface area contributed by atoms with Gasteiger partial charge in [-0.05, 0) is 25.1 Å². The topological polar surface area (TPSA) is 42.3 Å². The SMILES string of the molecule is CCCNC(C#N)CN1CCN(c2ccccc2)CC1. The lowest BCUT2D eigenvalue weighted by Gasteiger charge is -2.36. The highest BCUT2D eigenvalue weighted by molar-refractivity contribution is 5.46. The van der Waals surface area contributed by atoms with Crippen LogP contribution in [0.15, 0.2) is 30.3 Å². The zero-order chi connectivity index (χ0) is 14.2. The summed E-state index contributed by atoms with van der Waals surface area (Å²) < 4.78 is 0. The van der Waals surface area contributed by atoms with Gasteiger partial charge in [-0.25, -0.2) is 0 Å². The molecular formula is C16H24N4. The summed E-state index contributed by atoms with van der Waals surface area (Å²) in [6, 6.07) is 12.9. The van der Waals surface area contributed by atoms with E-state index >= 15 is 0 Å². The van der Waals surface area contributed by atoms with Gasteiger partial charge in [0.1, 0.15) is 6.04 Å². The van der Waals surface area contributed by atoms with Crippen molar-refractivity contribution in [2.45, 2.75) is 19.4 Å². The number of para-hydroxylation sites is 1. The summed E-state index contributed by atoms with van der Waals surface area (Å²) in [4.78, 5) is 4.80. The molecule has 1 aliphatic heterocycles. The maximum atomic E-state index is 9.16. The Labute approximate surface area is 122 Å². The second kappa shape index (κ2) is 7.88. The fourth-order valence-corrected chi connectivity index (χ4v) is 2.56. The van der Waals surface area contributed by atoms with Gasteiger partial charge in [0.15, 0.2) is 0 Å². The van der Waals surface area contributed by atoms with Crippen molar-refractivity contribution >= 4 is 5.69 Å². The van der Waals surface area contributed by atoms with Gasteiger partial charge in [0.2, 0.25) is 0 Å². The maximum absolute atomic E-state index is 9.16. The molecule has 20 heavy (non-hydrogen) atoms. The van der Waals surface area contributed by atoms with E-state index in [1.807, 2.05) is 0 Å². The lowest BCUT2D eigenvalue weighted by atomic mass is 10.2. The van der Waals surface area contributed by atoms with E-state index in [0.717, 1.165) is 45.7 Å². The quantitative estimate of drug-likeness (QED) is 0.856. The van der Waals surface area contributed by atoms with Crippen LogP contribution in [0.5, 0.6) is 0 Å². The van der Waals surface area contributed by atoms with E-state index in [1.54, 1.807) is 0 Å². The number of nitrogens with zero attached hydrogens (tertiary/aromatic N) is 3. The lowest BCUT2D eigenvalue weighted by molar-refractivity contribution is 0.243. The third kappa shape index (κ3) is 4.22. The first kappa shape index (κ1) is 14.8. The third-order valence-corrected chi connectivity index (χ3v) is 3.73. The Morgan fingerprint density at radius 1 is 1.20 bits per heavy atom. The summed E-state index contributed by atoms with van der Waals surface area (Å²) >= 11 is 0. The average molecular weight is 272 g/mol. The minimum absolute atomic E-state index is 0.0433. The summed E-state index contributed by atoms with van der Waals surface area (Å²) in [5, 5.41) is 12.5. The van der Waals surface area contributed by atoms with Crippen molar-refractivity contribution in [1.29, 1.82) is 5.26 Å². The summed E-state index contributed by atoms with van der Waals surface area (Å²) in [6.45, 7) is 8.01. The molecule has 1 unspecified atom stereocenters. The Bertz CT molecular complexity index is 418. The smallest absolute Gasteiger partial charge is 0.108 e. The molecule has 0 spiro atoms. The number of anilines is 1. The molecule has 1 heterocycles. The molecule has 1 aliphatic rings. The van der Waals surface area contributed by atoms with Crippen molar-refractivity contribution in [2.75, 3.05) is 44.2 Å². The van der Waals surface area contributed by atoms with Crippen LogP contribution >= 0.6 is 0 Å². The number of rotatable bonds is 6. The molecule has 0 amide bonds. The Morgan fingerprint density at radius 3 is 2.50 bits per heavy atom. The van der Waals surface area contributed by atoms with Crippen LogP contribution in [0.3, 0.4) is 0 Å². The Kier molecular flexibility index (Phi) is 5.85. The Morgan fingerprint density at radius 2 is 1.90 bits per heavy atom. The van der Waals surface area contributed by atoms with E-state index in [2.05, 4.69) is 58.4 Å². The van der Waals surface area contributed by atoms with Gasteiger partial charge in [0.25, 0.3) is 0 Å². The summed E-state index contributed by atoms with van der Waals surface area (Å²) in [7, 11) is 0. The molecule has 0 aromatic heterocycles. The highest BCUT2D eigenvalue weighted by Crippen LogP contribution is 2.15. The predicted molar refractivity (Wildman–Crippen MR) is 82.8 cm³/mol. The molecule has 4 nitrogen and oxygen atoms in total. The first-order valence-corrected chi connectivity index (χ1v) is 7.49. The molecule has 4 heteroatoms. The van der Waals surface area contributed by atoms with Gasteiger partial charge in [-0.3, -0.25) is 4.90 Å². The summed E-state index contributed by atoms with van der Waals surface area (Å²) in [5.74, 6) is 0. The van der Waals surface area contributed by atoms with Crippen LogP contribution in [0.1, 0.15) is 13.3 Å². The van der Waals surface area contributed by atoms with Crippen LogP contribution in [0, 0.1) is 11.3 Å². The first-order valence-electron chi connectivity index (χ1n) is 7.49. The van der Waals surface area contributed by atoms with E-state index in [9.17, 15) is 0 Å². The molecule has 2 rings (SSSR count). The molecule has 0 aliphatic carbocycles. The van der Waals surface area contributed by atoms with E-state index in [4.69, 9.17) is 5.26 Å². The largest absolute Gasteiger partial charge is 0.369 e. The highest BCUT2D eigenvalue weighted by atomic mass is 15.3. The van der Waals surface area contributed by atoms with Crippen LogP contribution in [-0.2, 0) is 0 Å². The molecule has 108 valence electrons.